The van der Waals surface area contributed by atoms with Crippen molar-refractivity contribution >= 4 is 0 Å². The lowest BCUT2D eigenvalue weighted by molar-refractivity contribution is 0.525. The van der Waals surface area contributed by atoms with Crippen molar-refractivity contribution in [2.24, 2.45) is 0 Å². The van der Waals surface area contributed by atoms with E-state index >= 15 is 0 Å². The van der Waals surface area contributed by atoms with Crippen LogP contribution in [0, 0.1) is 11.6 Å². The zero-order valence-electron chi connectivity index (χ0n) is 10.9. The molecule has 1 nitrogen and oxygen atoms in total. The molecule has 1 N–H and O–H groups in total. The first-order valence-corrected chi connectivity index (χ1v) is 6.39. The molecule has 0 aromatic heterocycles. The molecular weight excluding hydrogens is 244 g/mol. The molecule has 2 aromatic rings. The molecule has 0 saturated heterocycles. The van der Waals surface area contributed by atoms with Gasteiger partial charge in [-0.2, -0.15) is 0 Å². The summed E-state index contributed by atoms with van der Waals surface area (Å²) >= 11 is 0. The average Bonchev–Trinajstić information content (AvgIpc) is 2.41. The van der Waals surface area contributed by atoms with Crippen molar-refractivity contribution in [3.05, 3.63) is 71.3 Å². The van der Waals surface area contributed by atoms with E-state index in [9.17, 15) is 8.78 Å². The first kappa shape index (κ1) is 13.7. The SMILES string of the molecule is CC(NCCc1ccccc1F)c1ccccc1F. The van der Waals surface area contributed by atoms with Gasteiger partial charge in [0.05, 0.1) is 0 Å². The predicted molar refractivity (Wildman–Crippen MR) is 72.9 cm³/mol. The molecule has 0 fully saturated rings. The van der Waals surface area contributed by atoms with E-state index in [1.807, 2.05) is 19.1 Å². The van der Waals surface area contributed by atoms with Gasteiger partial charge in [0.25, 0.3) is 0 Å². The smallest absolute Gasteiger partial charge is 0.127 e. The minimum Gasteiger partial charge on any atom is -0.310 e. The van der Waals surface area contributed by atoms with Crippen molar-refractivity contribution in [1.82, 2.24) is 5.32 Å². The second-order valence-corrected chi connectivity index (χ2v) is 4.54. The quantitative estimate of drug-likeness (QED) is 0.861. The van der Waals surface area contributed by atoms with Crippen LogP contribution in [-0.4, -0.2) is 6.54 Å². The summed E-state index contributed by atoms with van der Waals surface area (Å²) in [5, 5.41) is 3.21. The van der Waals surface area contributed by atoms with Crippen LogP contribution in [0.15, 0.2) is 48.5 Å². The Balaban J connectivity index is 1.90. The van der Waals surface area contributed by atoms with Crippen molar-refractivity contribution in [3.8, 4) is 0 Å². The first-order valence-electron chi connectivity index (χ1n) is 6.39. The summed E-state index contributed by atoms with van der Waals surface area (Å²) in [6.07, 6.45) is 0.589. The Hall–Kier alpha value is -1.74. The minimum absolute atomic E-state index is 0.0898. The summed E-state index contributed by atoms with van der Waals surface area (Å²) in [5.41, 5.74) is 1.31. The summed E-state index contributed by atoms with van der Waals surface area (Å²) in [4.78, 5) is 0. The van der Waals surface area contributed by atoms with Gasteiger partial charge in [-0.15, -0.1) is 0 Å². The molecular formula is C16H17F2N. The van der Waals surface area contributed by atoms with Gasteiger partial charge < -0.3 is 5.32 Å². The zero-order chi connectivity index (χ0) is 13.7. The van der Waals surface area contributed by atoms with Crippen LogP contribution in [0.5, 0.6) is 0 Å². The number of halogens is 2. The molecule has 0 amide bonds. The molecule has 3 heteroatoms. The first-order chi connectivity index (χ1) is 9.18. The van der Waals surface area contributed by atoms with E-state index in [4.69, 9.17) is 0 Å². The highest BCUT2D eigenvalue weighted by atomic mass is 19.1. The topological polar surface area (TPSA) is 12.0 Å². The molecule has 0 aliphatic heterocycles. The number of benzene rings is 2. The highest BCUT2D eigenvalue weighted by Crippen LogP contribution is 2.16. The fourth-order valence-electron chi connectivity index (χ4n) is 2.06. The molecule has 1 unspecified atom stereocenters. The second-order valence-electron chi connectivity index (χ2n) is 4.54. The lowest BCUT2D eigenvalue weighted by atomic mass is 10.1. The third-order valence-electron chi connectivity index (χ3n) is 3.17. The van der Waals surface area contributed by atoms with E-state index in [2.05, 4.69) is 5.32 Å². The average molecular weight is 261 g/mol. The molecule has 1 atom stereocenters. The standard InChI is InChI=1S/C16H17F2N/c1-12(14-7-3-5-9-16(14)18)19-11-10-13-6-2-4-8-15(13)17/h2-9,12,19H,10-11H2,1H3. The van der Waals surface area contributed by atoms with Crippen molar-refractivity contribution in [3.63, 3.8) is 0 Å². The molecule has 0 saturated carbocycles. The fraction of sp³-hybridized carbons (Fsp3) is 0.250. The van der Waals surface area contributed by atoms with Gasteiger partial charge in [0, 0.05) is 11.6 Å². The van der Waals surface area contributed by atoms with Gasteiger partial charge in [-0.1, -0.05) is 36.4 Å². The monoisotopic (exact) mass is 261 g/mol. The van der Waals surface area contributed by atoms with Gasteiger partial charge >= 0.3 is 0 Å². The summed E-state index contributed by atoms with van der Waals surface area (Å²) in [6.45, 7) is 2.51. The Morgan fingerprint density at radius 3 is 2.26 bits per heavy atom. The second kappa shape index (κ2) is 6.43. The Morgan fingerprint density at radius 2 is 1.58 bits per heavy atom. The van der Waals surface area contributed by atoms with E-state index in [1.54, 1.807) is 24.3 Å². The van der Waals surface area contributed by atoms with Gasteiger partial charge in [-0.05, 0) is 37.6 Å². The molecule has 0 spiro atoms. The maximum absolute atomic E-state index is 13.6. The normalized spacial score (nSPS) is 12.4. The summed E-state index contributed by atoms with van der Waals surface area (Å²) < 4.78 is 27.0. The van der Waals surface area contributed by atoms with Gasteiger partial charge in [0.1, 0.15) is 11.6 Å². The minimum atomic E-state index is -0.214. The van der Waals surface area contributed by atoms with E-state index in [0.717, 1.165) is 0 Å². The summed E-state index contributed by atoms with van der Waals surface area (Å²) in [5.74, 6) is -0.406. The molecule has 19 heavy (non-hydrogen) atoms. The lowest BCUT2D eigenvalue weighted by Crippen LogP contribution is -2.22. The molecule has 0 aliphatic rings. The lowest BCUT2D eigenvalue weighted by Gasteiger charge is -2.15. The van der Waals surface area contributed by atoms with Crippen molar-refractivity contribution in [2.45, 2.75) is 19.4 Å². The van der Waals surface area contributed by atoms with Crippen molar-refractivity contribution in [1.29, 1.82) is 0 Å². The van der Waals surface area contributed by atoms with Crippen LogP contribution in [0.3, 0.4) is 0 Å². The van der Waals surface area contributed by atoms with Gasteiger partial charge in [0.2, 0.25) is 0 Å². The van der Waals surface area contributed by atoms with Crippen LogP contribution in [0.1, 0.15) is 24.1 Å². The van der Waals surface area contributed by atoms with Gasteiger partial charge in [0.15, 0.2) is 0 Å². The molecule has 0 heterocycles. The third-order valence-corrected chi connectivity index (χ3v) is 3.17. The Labute approximate surface area is 112 Å². The maximum Gasteiger partial charge on any atom is 0.127 e. The van der Waals surface area contributed by atoms with Gasteiger partial charge in [-0.3, -0.25) is 0 Å². The van der Waals surface area contributed by atoms with E-state index in [-0.39, 0.29) is 17.7 Å². The number of rotatable bonds is 5. The highest BCUT2D eigenvalue weighted by molar-refractivity contribution is 5.21. The molecule has 2 aromatic carbocycles. The Morgan fingerprint density at radius 1 is 0.947 bits per heavy atom. The predicted octanol–water partition coefficient (Wildman–Crippen LogP) is 3.86. The van der Waals surface area contributed by atoms with Crippen LogP contribution in [-0.2, 0) is 6.42 Å². The highest BCUT2D eigenvalue weighted by Gasteiger charge is 2.09. The fourth-order valence-corrected chi connectivity index (χ4v) is 2.06. The largest absolute Gasteiger partial charge is 0.310 e. The van der Waals surface area contributed by atoms with Crippen LogP contribution in [0.4, 0.5) is 8.78 Å². The third kappa shape index (κ3) is 3.61. The van der Waals surface area contributed by atoms with Crippen LogP contribution >= 0.6 is 0 Å². The molecule has 0 bridgehead atoms. The maximum atomic E-state index is 13.6. The number of nitrogens with one attached hydrogen (secondary N) is 1. The zero-order valence-corrected chi connectivity index (χ0v) is 10.9. The van der Waals surface area contributed by atoms with Crippen molar-refractivity contribution in [2.75, 3.05) is 6.54 Å². The van der Waals surface area contributed by atoms with Gasteiger partial charge in [-0.25, -0.2) is 8.78 Å². The summed E-state index contributed by atoms with van der Waals surface area (Å²) in [7, 11) is 0. The Bertz CT molecular complexity index is 540. The molecule has 2 rings (SSSR count). The van der Waals surface area contributed by atoms with Crippen LogP contribution in [0.2, 0.25) is 0 Å². The van der Waals surface area contributed by atoms with Crippen molar-refractivity contribution < 1.29 is 8.78 Å². The van der Waals surface area contributed by atoms with Crippen LogP contribution in [0.25, 0.3) is 0 Å². The van der Waals surface area contributed by atoms with E-state index in [0.29, 0.717) is 24.1 Å². The Kier molecular flexibility index (Phi) is 4.63. The number of hydrogen-bond donors (Lipinski definition) is 1. The van der Waals surface area contributed by atoms with E-state index in [1.165, 1.54) is 12.1 Å². The van der Waals surface area contributed by atoms with Crippen LogP contribution < -0.4 is 5.32 Å². The molecule has 0 radical (unpaired) electrons. The molecule has 100 valence electrons. The number of hydrogen-bond acceptors (Lipinski definition) is 1. The van der Waals surface area contributed by atoms with E-state index < -0.39 is 0 Å². The molecule has 0 aliphatic carbocycles. The summed E-state index contributed by atoms with van der Waals surface area (Å²) in [6, 6.07) is 13.3.